The molecule has 2 aromatic rings. The highest BCUT2D eigenvalue weighted by Gasteiger charge is 2.23. The van der Waals surface area contributed by atoms with E-state index in [4.69, 9.17) is 0 Å². The Morgan fingerprint density at radius 3 is 2.85 bits per heavy atom. The Labute approximate surface area is 120 Å². The molecule has 104 valence electrons. The van der Waals surface area contributed by atoms with E-state index in [0.717, 1.165) is 25.5 Å². The van der Waals surface area contributed by atoms with Gasteiger partial charge in [-0.1, -0.05) is 18.2 Å². The van der Waals surface area contributed by atoms with E-state index in [2.05, 4.69) is 57.1 Å². The molecule has 1 saturated heterocycles. The molecule has 3 rings (SSSR count). The van der Waals surface area contributed by atoms with Crippen molar-refractivity contribution in [3.63, 3.8) is 0 Å². The number of nitrogens with zero attached hydrogens (tertiary/aromatic N) is 4. The molecule has 1 aliphatic rings. The Bertz CT molecular complexity index is 529. The van der Waals surface area contributed by atoms with Crippen LogP contribution in [0.5, 0.6) is 0 Å². The molecule has 1 aliphatic heterocycles. The van der Waals surface area contributed by atoms with Crippen LogP contribution >= 0.6 is 0 Å². The van der Waals surface area contributed by atoms with Gasteiger partial charge in [-0.05, 0) is 30.5 Å². The van der Waals surface area contributed by atoms with Gasteiger partial charge < -0.3 is 9.80 Å². The number of benzene rings is 1. The summed E-state index contributed by atoms with van der Waals surface area (Å²) in [6.07, 6.45) is 4.64. The summed E-state index contributed by atoms with van der Waals surface area (Å²) in [6.45, 7) is 3.31. The van der Waals surface area contributed by atoms with E-state index in [9.17, 15) is 0 Å². The highest BCUT2D eigenvalue weighted by molar-refractivity contribution is 5.47. The van der Waals surface area contributed by atoms with E-state index in [-0.39, 0.29) is 0 Å². The number of aromatic nitrogens is 2. The van der Waals surface area contributed by atoms with Crippen molar-refractivity contribution in [3.8, 4) is 0 Å². The molecule has 20 heavy (non-hydrogen) atoms. The molecule has 0 N–H and O–H groups in total. The first-order chi connectivity index (χ1) is 9.83. The number of hydrogen-bond donors (Lipinski definition) is 0. The van der Waals surface area contributed by atoms with Crippen molar-refractivity contribution in [1.29, 1.82) is 0 Å². The first-order valence-corrected chi connectivity index (χ1v) is 7.10. The standard InChI is InChI=1S/C16H20N4/c1-19(16-7-9-17-13-18-16)11-14-8-10-20(12-14)15-5-3-2-4-6-15/h2-7,9,13-14H,8,10-12H2,1H3. The molecule has 0 saturated carbocycles. The monoisotopic (exact) mass is 268 g/mol. The molecule has 1 fully saturated rings. The normalized spacial score (nSPS) is 18.2. The van der Waals surface area contributed by atoms with Crippen molar-refractivity contribution in [1.82, 2.24) is 9.97 Å². The molecule has 1 atom stereocenters. The Kier molecular flexibility index (Phi) is 3.81. The van der Waals surface area contributed by atoms with Gasteiger partial charge in [-0.25, -0.2) is 9.97 Å². The van der Waals surface area contributed by atoms with Crippen molar-refractivity contribution >= 4 is 11.5 Å². The molecule has 0 bridgehead atoms. The predicted molar refractivity (Wildman–Crippen MR) is 82.1 cm³/mol. The number of rotatable bonds is 4. The third-order valence-electron chi connectivity index (χ3n) is 3.90. The van der Waals surface area contributed by atoms with E-state index >= 15 is 0 Å². The second-order valence-corrected chi connectivity index (χ2v) is 5.38. The first kappa shape index (κ1) is 12.9. The summed E-state index contributed by atoms with van der Waals surface area (Å²) in [7, 11) is 2.10. The molecule has 0 amide bonds. The summed E-state index contributed by atoms with van der Waals surface area (Å²) in [5.74, 6) is 1.69. The van der Waals surface area contributed by atoms with Crippen LogP contribution in [0.1, 0.15) is 6.42 Å². The lowest BCUT2D eigenvalue weighted by Crippen LogP contribution is -2.28. The summed E-state index contributed by atoms with van der Waals surface area (Å²) in [6, 6.07) is 12.6. The van der Waals surface area contributed by atoms with Crippen molar-refractivity contribution < 1.29 is 0 Å². The molecule has 0 spiro atoms. The average Bonchev–Trinajstić information content (AvgIpc) is 2.97. The molecular formula is C16H20N4. The maximum absolute atomic E-state index is 4.30. The van der Waals surface area contributed by atoms with Crippen LogP contribution in [0, 0.1) is 5.92 Å². The molecule has 0 aliphatic carbocycles. The molecule has 2 heterocycles. The zero-order valence-corrected chi connectivity index (χ0v) is 11.8. The molecule has 1 aromatic heterocycles. The summed E-state index contributed by atoms with van der Waals surface area (Å²) < 4.78 is 0. The van der Waals surface area contributed by atoms with Gasteiger partial charge in [0.05, 0.1) is 0 Å². The summed E-state index contributed by atoms with van der Waals surface area (Å²) in [4.78, 5) is 13.0. The van der Waals surface area contributed by atoms with Crippen LogP contribution in [-0.2, 0) is 0 Å². The van der Waals surface area contributed by atoms with Gasteiger partial charge in [0.15, 0.2) is 0 Å². The lowest BCUT2D eigenvalue weighted by molar-refractivity contribution is 0.581. The zero-order valence-electron chi connectivity index (χ0n) is 11.8. The van der Waals surface area contributed by atoms with E-state index in [0.29, 0.717) is 5.92 Å². The van der Waals surface area contributed by atoms with E-state index in [1.54, 1.807) is 12.5 Å². The van der Waals surface area contributed by atoms with Crippen LogP contribution in [0.3, 0.4) is 0 Å². The molecular weight excluding hydrogens is 248 g/mol. The zero-order chi connectivity index (χ0) is 13.8. The first-order valence-electron chi connectivity index (χ1n) is 7.10. The van der Waals surface area contributed by atoms with Crippen molar-refractivity contribution in [2.75, 3.05) is 36.5 Å². The van der Waals surface area contributed by atoms with Crippen molar-refractivity contribution in [2.45, 2.75) is 6.42 Å². The fourth-order valence-corrected chi connectivity index (χ4v) is 2.85. The number of hydrogen-bond acceptors (Lipinski definition) is 4. The molecule has 1 unspecified atom stereocenters. The maximum Gasteiger partial charge on any atom is 0.131 e. The SMILES string of the molecule is CN(CC1CCN(c2ccccc2)C1)c1ccncn1. The quantitative estimate of drug-likeness (QED) is 0.852. The van der Waals surface area contributed by atoms with Gasteiger partial charge >= 0.3 is 0 Å². The molecule has 4 heteroatoms. The summed E-state index contributed by atoms with van der Waals surface area (Å²) >= 11 is 0. The van der Waals surface area contributed by atoms with Gasteiger partial charge in [0, 0.05) is 38.6 Å². The lowest BCUT2D eigenvalue weighted by atomic mass is 10.1. The highest BCUT2D eigenvalue weighted by Crippen LogP contribution is 2.24. The Morgan fingerprint density at radius 2 is 2.10 bits per heavy atom. The average molecular weight is 268 g/mol. The Morgan fingerprint density at radius 1 is 1.25 bits per heavy atom. The second-order valence-electron chi connectivity index (χ2n) is 5.38. The van der Waals surface area contributed by atoms with Crippen molar-refractivity contribution in [2.24, 2.45) is 5.92 Å². The van der Waals surface area contributed by atoms with Crippen LogP contribution < -0.4 is 9.80 Å². The van der Waals surface area contributed by atoms with Gasteiger partial charge in [-0.2, -0.15) is 0 Å². The van der Waals surface area contributed by atoms with Crippen LogP contribution in [0.2, 0.25) is 0 Å². The van der Waals surface area contributed by atoms with Gasteiger partial charge in [-0.15, -0.1) is 0 Å². The maximum atomic E-state index is 4.30. The second kappa shape index (κ2) is 5.90. The van der Waals surface area contributed by atoms with Crippen molar-refractivity contribution in [3.05, 3.63) is 48.9 Å². The smallest absolute Gasteiger partial charge is 0.131 e. The molecule has 4 nitrogen and oxygen atoms in total. The van der Waals surface area contributed by atoms with Gasteiger partial charge in [-0.3, -0.25) is 0 Å². The van der Waals surface area contributed by atoms with Gasteiger partial charge in [0.2, 0.25) is 0 Å². The topological polar surface area (TPSA) is 32.3 Å². The summed E-state index contributed by atoms with van der Waals surface area (Å²) in [5.41, 5.74) is 1.33. The summed E-state index contributed by atoms with van der Waals surface area (Å²) in [5, 5.41) is 0. The minimum Gasteiger partial charge on any atom is -0.371 e. The number of para-hydroxylation sites is 1. The van der Waals surface area contributed by atoms with Gasteiger partial charge in [0.1, 0.15) is 12.1 Å². The lowest BCUT2D eigenvalue weighted by Gasteiger charge is -2.23. The highest BCUT2D eigenvalue weighted by atomic mass is 15.2. The van der Waals surface area contributed by atoms with Gasteiger partial charge in [0.25, 0.3) is 0 Å². The predicted octanol–water partition coefficient (Wildman–Crippen LogP) is 2.44. The fourth-order valence-electron chi connectivity index (χ4n) is 2.85. The molecule has 1 aromatic carbocycles. The van der Waals surface area contributed by atoms with Crippen LogP contribution in [0.25, 0.3) is 0 Å². The Hall–Kier alpha value is -2.10. The fraction of sp³-hybridized carbons (Fsp3) is 0.375. The Balaban J connectivity index is 1.58. The number of anilines is 2. The molecule has 0 radical (unpaired) electrons. The van der Waals surface area contributed by atoms with E-state index in [1.807, 2.05) is 6.07 Å². The van der Waals surface area contributed by atoms with E-state index < -0.39 is 0 Å². The minimum atomic E-state index is 0.690. The van der Waals surface area contributed by atoms with Crippen LogP contribution in [-0.4, -0.2) is 36.6 Å². The van der Waals surface area contributed by atoms with E-state index in [1.165, 1.54) is 12.1 Å². The van der Waals surface area contributed by atoms with Crippen LogP contribution in [0.4, 0.5) is 11.5 Å². The van der Waals surface area contributed by atoms with Crippen LogP contribution in [0.15, 0.2) is 48.9 Å². The third kappa shape index (κ3) is 2.90. The largest absolute Gasteiger partial charge is 0.371 e. The third-order valence-corrected chi connectivity index (χ3v) is 3.90. The minimum absolute atomic E-state index is 0.690.